The molecule has 4 rings (SSSR count). The number of unbranched alkanes of at least 4 members (excludes halogenated alkanes) is 1. The van der Waals surface area contributed by atoms with Gasteiger partial charge >= 0.3 is 0 Å². The molecule has 6 nitrogen and oxygen atoms in total. The highest BCUT2D eigenvalue weighted by molar-refractivity contribution is 6.06. The normalized spacial score (nSPS) is 11.6. The Labute approximate surface area is 218 Å². The Morgan fingerprint density at radius 1 is 1.05 bits per heavy atom. The first kappa shape index (κ1) is 26.5. The van der Waals surface area contributed by atoms with Gasteiger partial charge in [-0.15, -0.1) is 0 Å². The van der Waals surface area contributed by atoms with Gasteiger partial charge in [-0.1, -0.05) is 49.7 Å². The Morgan fingerprint density at radius 3 is 2.57 bits per heavy atom. The van der Waals surface area contributed by atoms with Gasteiger partial charge in [0.05, 0.1) is 22.8 Å². The Kier molecular flexibility index (Phi) is 8.34. The number of hydrogen-bond acceptors (Lipinski definition) is 4. The summed E-state index contributed by atoms with van der Waals surface area (Å²) in [6.45, 7) is 8.34. The van der Waals surface area contributed by atoms with Gasteiger partial charge in [0, 0.05) is 37.3 Å². The third-order valence-corrected chi connectivity index (χ3v) is 6.57. The summed E-state index contributed by atoms with van der Waals surface area (Å²) in [4.78, 5) is 22.5. The van der Waals surface area contributed by atoms with Crippen LogP contribution in [-0.2, 0) is 13.1 Å². The van der Waals surface area contributed by atoms with Crippen molar-refractivity contribution in [3.63, 3.8) is 0 Å². The van der Waals surface area contributed by atoms with Gasteiger partial charge in [-0.3, -0.25) is 4.79 Å². The number of rotatable bonds is 10. The number of nitrogens with zero attached hydrogens (tertiary/aromatic N) is 5. The van der Waals surface area contributed by atoms with Crippen LogP contribution < -0.4 is 0 Å². The predicted octanol–water partition coefficient (Wildman–Crippen LogP) is 6.32. The van der Waals surface area contributed by atoms with Gasteiger partial charge in [0.25, 0.3) is 5.91 Å². The summed E-state index contributed by atoms with van der Waals surface area (Å²) in [6.07, 6.45) is 4.04. The molecule has 0 unspecified atom stereocenters. The van der Waals surface area contributed by atoms with E-state index in [0.29, 0.717) is 22.2 Å². The molecule has 0 N–H and O–H groups in total. The molecule has 0 bridgehead atoms. The molecule has 4 aromatic rings. The lowest BCUT2D eigenvalue weighted by molar-refractivity contribution is 0.0785. The summed E-state index contributed by atoms with van der Waals surface area (Å²) in [6, 6.07) is 16.8. The molecule has 1 amide bonds. The second-order valence-corrected chi connectivity index (χ2v) is 10.0. The largest absolute Gasteiger partial charge is 0.337 e. The average Bonchev–Trinajstić information content (AvgIpc) is 3.32. The fraction of sp³-hybridized carbons (Fsp3) is 0.367. The number of benzene rings is 2. The van der Waals surface area contributed by atoms with E-state index in [0.717, 1.165) is 24.3 Å². The van der Waals surface area contributed by atoms with E-state index in [-0.39, 0.29) is 24.3 Å². The quantitative estimate of drug-likeness (QED) is 0.255. The van der Waals surface area contributed by atoms with E-state index in [4.69, 9.17) is 4.98 Å². The van der Waals surface area contributed by atoms with Gasteiger partial charge in [-0.25, -0.2) is 14.1 Å². The van der Waals surface area contributed by atoms with E-state index in [1.165, 1.54) is 24.5 Å². The third-order valence-electron chi connectivity index (χ3n) is 6.57. The summed E-state index contributed by atoms with van der Waals surface area (Å²) < 4.78 is 16.1. The molecule has 0 saturated carbocycles. The lowest BCUT2D eigenvalue weighted by Crippen LogP contribution is -2.27. The highest BCUT2D eigenvalue weighted by atomic mass is 19.1. The minimum atomic E-state index is -0.323. The van der Waals surface area contributed by atoms with Gasteiger partial charge < -0.3 is 9.80 Å². The van der Waals surface area contributed by atoms with Crippen molar-refractivity contribution in [1.82, 2.24) is 24.6 Å². The molecule has 0 radical (unpaired) electrons. The monoisotopic (exact) mass is 501 g/mol. The number of hydrogen-bond donors (Lipinski definition) is 0. The van der Waals surface area contributed by atoms with Gasteiger partial charge in [-0.05, 0) is 57.6 Å². The van der Waals surface area contributed by atoms with Crippen molar-refractivity contribution in [2.45, 2.75) is 52.7 Å². The third kappa shape index (κ3) is 6.05. The number of aromatic nitrogens is 3. The standard InChI is InChI=1S/C30H36FN5O/c1-6-7-15-34(4)19-22-11-10-13-23(16-22)28-17-25(26-18-32-36(21(2)3)29(26)33-28)30(37)35(5)20-24-12-8-9-14-27(24)31/h8-14,16-18,21H,6-7,15,19-20H2,1-5H3. The zero-order valence-corrected chi connectivity index (χ0v) is 22.4. The van der Waals surface area contributed by atoms with Gasteiger partial charge in [0.2, 0.25) is 0 Å². The molecule has 0 atom stereocenters. The van der Waals surface area contributed by atoms with Gasteiger partial charge in [-0.2, -0.15) is 5.10 Å². The summed E-state index contributed by atoms with van der Waals surface area (Å²) in [7, 11) is 3.83. The molecule has 0 aliphatic rings. The first-order valence-electron chi connectivity index (χ1n) is 12.9. The van der Waals surface area contributed by atoms with Crippen LogP contribution in [0.3, 0.4) is 0 Å². The molecule has 0 aliphatic heterocycles. The molecule has 194 valence electrons. The maximum atomic E-state index is 14.3. The molecule has 0 saturated heterocycles. The smallest absolute Gasteiger partial charge is 0.254 e. The fourth-order valence-corrected chi connectivity index (χ4v) is 4.53. The first-order chi connectivity index (χ1) is 17.8. The zero-order chi connectivity index (χ0) is 26.5. The average molecular weight is 502 g/mol. The van der Waals surface area contributed by atoms with E-state index in [1.807, 2.05) is 36.7 Å². The van der Waals surface area contributed by atoms with Gasteiger partial charge in [0.15, 0.2) is 5.65 Å². The van der Waals surface area contributed by atoms with Crippen LogP contribution in [0, 0.1) is 5.82 Å². The van der Waals surface area contributed by atoms with Crippen LogP contribution in [0.5, 0.6) is 0 Å². The highest BCUT2D eigenvalue weighted by Gasteiger charge is 2.22. The predicted molar refractivity (Wildman–Crippen MR) is 147 cm³/mol. The lowest BCUT2D eigenvalue weighted by Gasteiger charge is -2.19. The Hall–Kier alpha value is -3.58. The second kappa shape index (κ2) is 11.6. The maximum absolute atomic E-state index is 14.3. The Bertz CT molecular complexity index is 1380. The van der Waals surface area contributed by atoms with E-state index < -0.39 is 0 Å². The number of amides is 1. The van der Waals surface area contributed by atoms with E-state index in [2.05, 4.69) is 36.1 Å². The SMILES string of the molecule is CCCCN(C)Cc1cccc(-c2cc(C(=O)N(C)Cc3ccccc3F)c3cnn(C(C)C)c3n2)c1. The van der Waals surface area contributed by atoms with Crippen LogP contribution in [0.4, 0.5) is 4.39 Å². The van der Waals surface area contributed by atoms with Crippen LogP contribution in [0.25, 0.3) is 22.3 Å². The van der Waals surface area contributed by atoms with Crippen LogP contribution in [0.1, 0.15) is 61.1 Å². The van der Waals surface area contributed by atoms with E-state index in [9.17, 15) is 9.18 Å². The van der Waals surface area contributed by atoms with Crippen molar-refractivity contribution in [3.8, 4) is 11.3 Å². The number of carbonyl (C=O) groups is 1. The van der Waals surface area contributed by atoms with Crippen molar-refractivity contribution >= 4 is 16.9 Å². The fourth-order valence-electron chi connectivity index (χ4n) is 4.53. The van der Waals surface area contributed by atoms with Crippen molar-refractivity contribution < 1.29 is 9.18 Å². The minimum Gasteiger partial charge on any atom is -0.337 e. The molecule has 0 fully saturated rings. The molecule has 2 aromatic carbocycles. The Morgan fingerprint density at radius 2 is 1.84 bits per heavy atom. The van der Waals surface area contributed by atoms with Crippen molar-refractivity contribution in [1.29, 1.82) is 0 Å². The Balaban J connectivity index is 1.73. The summed E-state index contributed by atoms with van der Waals surface area (Å²) in [5, 5.41) is 5.23. The zero-order valence-electron chi connectivity index (χ0n) is 22.4. The van der Waals surface area contributed by atoms with Crippen molar-refractivity contribution in [3.05, 3.63) is 83.3 Å². The molecule has 7 heteroatoms. The summed E-state index contributed by atoms with van der Waals surface area (Å²) in [5.41, 5.74) is 4.51. The van der Waals surface area contributed by atoms with E-state index >= 15 is 0 Å². The van der Waals surface area contributed by atoms with Crippen molar-refractivity contribution in [2.24, 2.45) is 0 Å². The molecular weight excluding hydrogens is 465 g/mol. The summed E-state index contributed by atoms with van der Waals surface area (Å²) in [5.74, 6) is -0.522. The van der Waals surface area contributed by atoms with E-state index in [1.54, 1.807) is 36.3 Å². The number of halogens is 1. The molecule has 2 heterocycles. The highest BCUT2D eigenvalue weighted by Crippen LogP contribution is 2.28. The van der Waals surface area contributed by atoms with Crippen LogP contribution in [-0.4, -0.2) is 51.1 Å². The van der Waals surface area contributed by atoms with Crippen LogP contribution >= 0.6 is 0 Å². The number of fused-ring (bicyclic) bond motifs is 1. The topological polar surface area (TPSA) is 54.3 Å². The molecule has 37 heavy (non-hydrogen) atoms. The molecular formula is C30H36FN5O. The minimum absolute atomic E-state index is 0.0814. The molecule has 2 aromatic heterocycles. The number of pyridine rings is 1. The van der Waals surface area contributed by atoms with Gasteiger partial charge in [0.1, 0.15) is 5.82 Å². The lowest BCUT2D eigenvalue weighted by atomic mass is 10.0. The second-order valence-electron chi connectivity index (χ2n) is 10.0. The van der Waals surface area contributed by atoms with Crippen LogP contribution in [0.2, 0.25) is 0 Å². The molecule has 0 spiro atoms. The van der Waals surface area contributed by atoms with Crippen molar-refractivity contribution in [2.75, 3.05) is 20.6 Å². The molecule has 0 aliphatic carbocycles. The first-order valence-corrected chi connectivity index (χ1v) is 12.9. The maximum Gasteiger partial charge on any atom is 0.254 e. The van der Waals surface area contributed by atoms with Crippen LogP contribution in [0.15, 0.2) is 60.8 Å². The number of carbonyl (C=O) groups excluding carboxylic acids is 1. The summed E-state index contributed by atoms with van der Waals surface area (Å²) >= 11 is 0.